The average molecular weight is 388 g/mol. The predicted molar refractivity (Wildman–Crippen MR) is 106 cm³/mol. The molecule has 0 bridgehead atoms. The van der Waals surface area contributed by atoms with Crippen LogP contribution in [0, 0.1) is 5.92 Å². The Bertz CT molecular complexity index is 837. The second-order valence-corrected chi connectivity index (χ2v) is 7.93. The van der Waals surface area contributed by atoms with Crippen LogP contribution in [0.2, 0.25) is 0 Å². The molecule has 6 nitrogen and oxygen atoms in total. The molecular formula is C20H24N2O4S. The highest BCUT2D eigenvalue weighted by atomic mass is 32.1. The maximum atomic E-state index is 12.8. The number of carbonyl (C=O) groups is 2. The molecule has 0 spiro atoms. The number of anilines is 1. The minimum Gasteiger partial charge on any atom is -0.497 e. The lowest BCUT2D eigenvalue weighted by Crippen LogP contribution is -2.27. The van der Waals surface area contributed by atoms with Gasteiger partial charge in [0.2, 0.25) is 5.91 Å². The summed E-state index contributed by atoms with van der Waals surface area (Å²) < 4.78 is 10.5. The third-order valence-electron chi connectivity index (χ3n) is 4.69. The van der Waals surface area contributed by atoms with Crippen molar-refractivity contribution in [2.75, 3.05) is 33.6 Å². The maximum Gasteiger partial charge on any atom is 0.263 e. The first-order valence-electron chi connectivity index (χ1n) is 8.78. The lowest BCUT2D eigenvalue weighted by atomic mass is 9.87. The van der Waals surface area contributed by atoms with E-state index < -0.39 is 0 Å². The molecule has 27 heavy (non-hydrogen) atoms. The summed E-state index contributed by atoms with van der Waals surface area (Å²) in [6.45, 7) is 0. The summed E-state index contributed by atoms with van der Waals surface area (Å²) in [6, 6.07) is 7.24. The van der Waals surface area contributed by atoms with Crippen LogP contribution >= 0.6 is 11.3 Å². The molecule has 3 rings (SSSR count). The summed E-state index contributed by atoms with van der Waals surface area (Å²) in [5, 5.41) is 2.97. The summed E-state index contributed by atoms with van der Waals surface area (Å²) in [5.74, 6) is 1.12. The van der Waals surface area contributed by atoms with Crippen molar-refractivity contribution >= 4 is 28.8 Å². The summed E-state index contributed by atoms with van der Waals surface area (Å²) in [4.78, 5) is 28.5. The van der Waals surface area contributed by atoms with Gasteiger partial charge in [-0.15, -0.1) is 11.3 Å². The van der Waals surface area contributed by atoms with Crippen LogP contribution in [0.15, 0.2) is 24.3 Å². The van der Waals surface area contributed by atoms with E-state index in [9.17, 15) is 9.59 Å². The zero-order valence-electron chi connectivity index (χ0n) is 16.0. The Morgan fingerprint density at radius 2 is 1.78 bits per heavy atom. The average Bonchev–Trinajstić information content (AvgIpc) is 3.09. The standard InChI is InChI=1S/C20H24N2O4S/c1-22(2)20(24)18-8-13-7-12(5-6-17(13)27-18)19(23)21-14-9-15(25-3)11-16(10-14)26-4/h8-12H,5-7H2,1-4H3,(H,21,23). The number of hydrogen-bond acceptors (Lipinski definition) is 5. The number of nitrogens with one attached hydrogen (secondary N) is 1. The number of thiophene rings is 1. The molecule has 0 saturated carbocycles. The number of hydrogen-bond donors (Lipinski definition) is 1. The molecule has 1 N–H and O–H groups in total. The maximum absolute atomic E-state index is 12.8. The molecule has 0 aliphatic heterocycles. The molecule has 1 aliphatic carbocycles. The fourth-order valence-corrected chi connectivity index (χ4v) is 4.43. The molecule has 0 fully saturated rings. The zero-order chi connectivity index (χ0) is 19.6. The molecule has 7 heteroatoms. The van der Waals surface area contributed by atoms with Crippen LogP contribution in [0.5, 0.6) is 11.5 Å². The van der Waals surface area contributed by atoms with Gasteiger partial charge < -0.3 is 19.7 Å². The van der Waals surface area contributed by atoms with Crippen molar-refractivity contribution in [3.8, 4) is 11.5 Å². The Kier molecular flexibility index (Phi) is 5.70. The zero-order valence-corrected chi connectivity index (χ0v) is 16.8. The van der Waals surface area contributed by atoms with Crippen LogP contribution in [-0.4, -0.2) is 45.0 Å². The van der Waals surface area contributed by atoms with Crippen molar-refractivity contribution in [2.24, 2.45) is 5.92 Å². The summed E-state index contributed by atoms with van der Waals surface area (Å²) in [5.41, 5.74) is 1.76. The fourth-order valence-electron chi connectivity index (χ4n) is 3.20. The number of aryl methyl sites for hydroxylation is 1. The van der Waals surface area contributed by atoms with Gasteiger partial charge in [0.05, 0.1) is 19.1 Å². The van der Waals surface area contributed by atoms with Crippen LogP contribution in [0.4, 0.5) is 5.69 Å². The quantitative estimate of drug-likeness (QED) is 0.854. The van der Waals surface area contributed by atoms with Crippen molar-refractivity contribution in [2.45, 2.75) is 19.3 Å². The van der Waals surface area contributed by atoms with Crippen molar-refractivity contribution < 1.29 is 19.1 Å². The Balaban J connectivity index is 1.72. The Morgan fingerprint density at radius 1 is 1.11 bits per heavy atom. The molecule has 1 aromatic carbocycles. The molecule has 2 aromatic rings. The van der Waals surface area contributed by atoms with Gasteiger partial charge in [0, 0.05) is 48.8 Å². The number of benzene rings is 1. The summed E-state index contributed by atoms with van der Waals surface area (Å²) in [7, 11) is 6.65. The lowest BCUT2D eigenvalue weighted by Gasteiger charge is -2.21. The van der Waals surface area contributed by atoms with Gasteiger partial charge in [0.25, 0.3) is 5.91 Å². The molecule has 1 unspecified atom stereocenters. The van der Waals surface area contributed by atoms with Crippen LogP contribution in [0.25, 0.3) is 0 Å². The van der Waals surface area contributed by atoms with Crippen molar-refractivity contribution in [3.63, 3.8) is 0 Å². The lowest BCUT2D eigenvalue weighted by molar-refractivity contribution is -0.120. The smallest absolute Gasteiger partial charge is 0.263 e. The first-order chi connectivity index (χ1) is 12.9. The van der Waals surface area contributed by atoms with E-state index in [2.05, 4.69) is 5.32 Å². The van der Waals surface area contributed by atoms with E-state index in [1.807, 2.05) is 6.07 Å². The third kappa shape index (κ3) is 4.24. The van der Waals surface area contributed by atoms with Crippen LogP contribution in [0.3, 0.4) is 0 Å². The second kappa shape index (κ2) is 8.00. The number of rotatable bonds is 5. The normalized spacial score (nSPS) is 15.6. The number of amides is 2. The number of carbonyl (C=O) groups excluding carboxylic acids is 2. The van der Waals surface area contributed by atoms with Gasteiger partial charge in [-0.1, -0.05) is 0 Å². The highest BCUT2D eigenvalue weighted by Gasteiger charge is 2.28. The largest absolute Gasteiger partial charge is 0.497 e. The van der Waals surface area contributed by atoms with E-state index in [4.69, 9.17) is 9.47 Å². The molecule has 144 valence electrons. The molecule has 1 heterocycles. The van der Waals surface area contributed by atoms with Gasteiger partial charge in [-0.2, -0.15) is 0 Å². The Hall–Kier alpha value is -2.54. The van der Waals surface area contributed by atoms with Gasteiger partial charge in [-0.25, -0.2) is 0 Å². The highest BCUT2D eigenvalue weighted by Crippen LogP contribution is 2.34. The minimum atomic E-state index is -0.119. The first-order valence-corrected chi connectivity index (χ1v) is 9.60. The Labute approximate surface area is 163 Å². The topological polar surface area (TPSA) is 67.9 Å². The number of nitrogens with zero attached hydrogens (tertiary/aromatic N) is 1. The number of methoxy groups -OCH3 is 2. The molecule has 0 radical (unpaired) electrons. The van der Waals surface area contributed by atoms with Gasteiger partial charge >= 0.3 is 0 Å². The monoisotopic (exact) mass is 388 g/mol. The van der Waals surface area contributed by atoms with E-state index >= 15 is 0 Å². The van der Waals surface area contributed by atoms with Crippen molar-refractivity contribution in [3.05, 3.63) is 39.6 Å². The molecule has 1 atom stereocenters. The molecule has 1 aromatic heterocycles. The third-order valence-corrected chi connectivity index (χ3v) is 5.91. The van der Waals surface area contributed by atoms with Gasteiger partial charge in [0.15, 0.2) is 0 Å². The number of ether oxygens (including phenoxy) is 2. The van der Waals surface area contributed by atoms with Crippen LogP contribution in [-0.2, 0) is 17.6 Å². The summed E-state index contributed by atoms with van der Waals surface area (Å²) in [6.07, 6.45) is 2.25. The van der Waals surface area contributed by atoms with E-state index in [0.29, 0.717) is 23.6 Å². The predicted octanol–water partition coefficient (Wildman–Crippen LogP) is 3.21. The molecular weight excluding hydrogens is 364 g/mol. The highest BCUT2D eigenvalue weighted by molar-refractivity contribution is 7.14. The minimum absolute atomic E-state index is 0.0128. The fraction of sp³-hybridized carbons (Fsp3) is 0.400. The number of fused-ring (bicyclic) bond motifs is 1. The van der Waals surface area contributed by atoms with Crippen LogP contribution < -0.4 is 14.8 Å². The Morgan fingerprint density at radius 3 is 2.37 bits per heavy atom. The molecule has 0 saturated heterocycles. The van der Waals surface area contributed by atoms with Gasteiger partial charge in [-0.05, 0) is 30.9 Å². The first kappa shape index (κ1) is 19.2. The summed E-state index contributed by atoms with van der Waals surface area (Å²) >= 11 is 1.54. The van der Waals surface area contributed by atoms with Gasteiger partial charge in [0.1, 0.15) is 11.5 Å². The molecule has 2 amide bonds. The van der Waals surface area contributed by atoms with Crippen molar-refractivity contribution in [1.82, 2.24) is 4.90 Å². The van der Waals surface area contributed by atoms with Crippen LogP contribution in [0.1, 0.15) is 26.5 Å². The van der Waals surface area contributed by atoms with E-state index in [1.165, 1.54) is 4.88 Å². The van der Waals surface area contributed by atoms with E-state index in [-0.39, 0.29) is 17.7 Å². The molecule has 1 aliphatic rings. The van der Waals surface area contributed by atoms with Crippen molar-refractivity contribution in [1.29, 1.82) is 0 Å². The van der Waals surface area contributed by atoms with E-state index in [0.717, 1.165) is 23.3 Å². The van der Waals surface area contributed by atoms with Gasteiger partial charge in [-0.3, -0.25) is 9.59 Å². The SMILES string of the molecule is COc1cc(NC(=O)C2CCc3sc(C(=O)N(C)C)cc3C2)cc(OC)c1. The van der Waals surface area contributed by atoms with E-state index in [1.54, 1.807) is 62.8 Å². The second-order valence-electron chi connectivity index (χ2n) is 6.79.